The van der Waals surface area contributed by atoms with Gasteiger partial charge in [0.2, 0.25) is 0 Å². The van der Waals surface area contributed by atoms with Crippen molar-refractivity contribution < 1.29 is 22.9 Å². The van der Waals surface area contributed by atoms with Crippen molar-refractivity contribution in [2.24, 2.45) is 5.84 Å². The summed E-state index contributed by atoms with van der Waals surface area (Å²) < 4.78 is 32.0. The van der Waals surface area contributed by atoms with E-state index in [-0.39, 0.29) is 16.3 Å². The number of hydrogen-bond acceptors (Lipinski definition) is 7. The van der Waals surface area contributed by atoms with Crippen molar-refractivity contribution in [3.8, 4) is 5.75 Å². The van der Waals surface area contributed by atoms with Gasteiger partial charge in [0.05, 0.1) is 22.6 Å². The average Bonchev–Trinajstić information content (AvgIpc) is 2.65. The second-order valence-electron chi connectivity index (χ2n) is 5.01. The van der Waals surface area contributed by atoms with Crippen molar-refractivity contribution in [2.45, 2.75) is 4.90 Å². The number of nitro benzene ring substituents is 1. The molecule has 0 saturated carbocycles. The largest absolute Gasteiger partial charge is 0.495 e. The summed E-state index contributed by atoms with van der Waals surface area (Å²) in [7, 11) is -2.97. The Bertz CT molecular complexity index is 931. The second-order valence-corrected chi connectivity index (χ2v) is 6.87. The summed E-state index contributed by atoms with van der Waals surface area (Å²) in [5, 5.41) is 10.9. The highest BCUT2D eigenvalue weighted by Crippen LogP contribution is 2.32. The monoisotopic (exact) mass is 380 g/mol. The van der Waals surface area contributed by atoms with Crippen LogP contribution in [0.15, 0.2) is 53.4 Å². The quantitative estimate of drug-likeness (QED) is 0.312. The molecule has 0 spiro atoms. The number of hydrogen-bond donors (Lipinski definition) is 2. The minimum absolute atomic E-state index is 0.0881. The summed E-state index contributed by atoms with van der Waals surface area (Å²) in [5.41, 5.74) is 1.56. The van der Waals surface area contributed by atoms with Gasteiger partial charge in [0.15, 0.2) is 0 Å². The lowest BCUT2D eigenvalue weighted by Gasteiger charge is -2.25. The Morgan fingerprint density at radius 1 is 1.27 bits per heavy atom. The first-order valence-electron chi connectivity index (χ1n) is 7.21. The van der Waals surface area contributed by atoms with Crippen LogP contribution >= 0.6 is 0 Å². The molecular formula is C15H16N4O6S. The summed E-state index contributed by atoms with van der Waals surface area (Å²) in [6.07, 6.45) is 0. The predicted octanol–water partition coefficient (Wildman–Crippen LogP) is 0.789. The number of hydrazine groups is 1. The van der Waals surface area contributed by atoms with Gasteiger partial charge in [0.25, 0.3) is 21.6 Å². The van der Waals surface area contributed by atoms with Gasteiger partial charge >= 0.3 is 0 Å². The van der Waals surface area contributed by atoms with E-state index in [0.717, 1.165) is 10.4 Å². The molecule has 10 nitrogen and oxygen atoms in total. The number of nitrogens with one attached hydrogen (secondary N) is 1. The van der Waals surface area contributed by atoms with E-state index in [9.17, 15) is 23.3 Å². The van der Waals surface area contributed by atoms with E-state index in [4.69, 9.17) is 10.6 Å². The molecule has 0 aliphatic rings. The molecule has 0 heterocycles. The van der Waals surface area contributed by atoms with Crippen molar-refractivity contribution in [1.82, 2.24) is 5.43 Å². The van der Waals surface area contributed by atoms with Crippen molar-refractivity contribution in [3.05, 3.63) is 58.6 Å². The number of benzene rings is 2. The molecule has 0 saturated heterocycles. The number of nitro groups is 1. The standard InChI is InChI=1S/C15H16N4O6S/c1-25-14-8-3-2-7-13(14)18(10-15(20)17-16)26(23,24)12-6-4-5-11(9-12)19(21)22/h2-9H,10,16H2,1H3,(H,17,20). The fraction of sp³-hybridized carbons (Fsp3) is 0.133. The molecule has 2 aromatic rings. The van der Waals surface area contributed by atoms with Crippen molar-refractivity contribution in [1.29, 1.82) is 0 Å². The minimum atomic E-state index is -4.32. The summed E-state index contributed by atoms with van der Waals surface area (Å²) in [6, 6.07) is 10.7. The van der Waals surface area contributed by atoms with E-state index in [1.165, 1.54) is 37.4 Å². The Kier molecular flexibility index (Phi) is 5.75. The normalized spacial score (nSPS) is 10.8. The Hall–Kier alpha value is -3.18. The van der Waals surface area contributed by atoms with Crippen LogP contribution in [0, 0.1) is 10.1 Å². The Morgan fingerprint density at radius 2 is 1.96 bits per heavy atom. The third-order valence-corrected chi connectivity index (χ3v) is 5.17. The van der Waals surface area contributed by atoms with Crippen molar-refractivity contribution >= 4 is 27.3 Å². The Balaban J connectivity index is 2.62. The average molecular weight is 380 g/mol. The first kappa shape index (κ1) is 19.1. The minimum Gasteiger partial charge on any atom is -0.495 e. The lowest BCUT2D eigenvalue weighted by atomic mass is 10.3. The van der Waals surface area contributed by atoms with Gasteiger partial charge in [0.1, 0.15) is 12.3 Å². The first-order valence-corrected chi connectivity index (χ1v) is 8.65. The van der Waals surface area contributed by atoms with Crippen LogP contribution in [-0.2, 0) is 14.8 Å². The molecule has 2 aromatic carbocycles. The number of carbonyl (C=O) groups excluding carboxylic acids is 1. The van der Waals surface area contributed by atoms with E-state index >= 15 is 0 Å². The SMILES string of the molecule is COc1ccccc1N(CC(=O)NN)S(=O)(=O)c1cccc([N+](=O)[O-])c1. The number of anilines is 1. The Morgan fingerprint density at radius 3 is 2.58 bits per heavy atom. The maximum atomic E-state index is 13.1. The van der Waals surface area contributed by atoms with Gasteiger partial charge in [-0.2, -0.15) is 0 Å². The number of amides is 1. The molecular weight excluding hydrogens is 364 g/mol. The van der Waals surface area contributed by atoms with Gasteiger partial charge in [-0.05, 0) is 18.2 Å². The highest BCUT2D eigenvalue weighted by Gasteiger charge is 2.30. The van der Waals surface area contributed by atoms with Crippen molar-refractivity contribution in [3.63, 3.8) is 0 Å². The Labute approximate surface area is 149 Å². The second kappa shape index (κ2) is 7.80. The van der Waals surface area contributed by atoms with Gasteiger partial charge in [-0.1, -0.05) is 18.2 Å². The zero-order valence-electron chi connectivity index (χ0n) is 13.7. The third-order valence-electron chi connectivity index (χ3n) is 3.42. The summed E-state index contributed by atoms with van der Waals surface area (Å²) in [4.78, 5) is 21.6. The van der Waals surface area contributed by atoms with E-state index in [1.807, 2.05) is 5.43 Å². The number of sulfonamides is 1. The zero-order chi connectivity index (χ0) is 19.3. The smallest absolute Gasteiger partial charge is 0.270 e. The molecule has 1 amide bonds. The summed E-state index contributed by atoms with van der Waals surface area (Å²) in [5.74, 6) is 4.50. The van der Waals surface area contributed by atoms with Crippen LogP contribution in [0.5, 0.6) is 5.75 Å². The summed E-state index contributed by atoms with van der Waals surface area (Å²) >= 11 is 0. The molecule has 0 atom stereocenters. The number of nitrogens with two attached hydrogens (primary N) is 1. The molecule has 11 heteroatoms. The van der Waals surface area contributed by atoms with Gasteiger partial charge in [-0.25, -0.2) is 14.3 Å². The van der Waals surface area contributed by atoms with E-state index in [1.54, 1.807) is 12.1 Å². The summed E-state index contributed by atoms with van der Waals surface area (Å²) in [6.45, 7) is -0.637. The fourth-order valence-corrected chi connectivity index (χ4v) is 3.67. The number of ether oxygens (including phenoxy) is 1. The van der Waals surface area contributed by atoms with Crippen LogP contribution in [0.25, 0.3) is 0 Å². The molecule has 0 aromatic heterocycles. The number of methoxy groups -OCH3 is 1. The zero-order valence-corrected chi connectivity index (χ0v) is 14.5. The molecule has 138 valence electrons. The number of rotatable bonds is 7. The lowest BCUT2D eigenvalue weighted by Crippen LogP contribution is -2.43. The van der Waals surface area contributed by atoms with Gasteiger partial charge in [-0.3, -0.25) is 24.6 Å². The highest BCUT2D eigenvalue weighted by molar-refractivity contribution is 7.92. The number of non-ortho nitro benzene ring substituents is 1. The number of carbonyl (C=O) groups is 1. The maximum absolute atomic E-state index is 13.1. The number of para-hydroxylation sites is 2. The molecule has 2 rings (SSSR count). The molecule has 0 fully saturated rings. The van der Waals surface area contributed by atoms with E-state index in [0.29, 0.717) is 0 Å². The predicted molar refractivity (Wildman–Crippen MR) is 93.0 cm³/mol. The van der Waals surface area contributed by atoms with Gasteiger partial charge < -0.3 is 4.74 Å². The van der Waals surface area contributed by atoms with Crippen LogP contribution in [-0.4, -0.2) is 32.9 Å². The molecule has 26 heavy (non-hydrogen) atoms. The van der Waals surface area contributed by atoms with Crippen LogP contribution in [0.2, 0.25) is 0 Å². The van der Waals surface area contributed by atoms with Crippen LogP contribution < -0.4 is 20.3 Å². The molecule has 0 unspecified atom stereocenters. The maximum Gasteiger partial charge on any atom is 0.270 e. The van der Waals surface area contributed by atoms with Crippen LogP contribution in [0.4, 0.5) is 11.4 Å². The highest BCUT2D eigenvalue weighted by atomic mass is 32.2. The molecule has 0 aliphatic carbocycles. The van der Waals surface area contributed by atoms with Gasteiger partial charge in [0, 0.05) is 12.1 Å². The molecule has 0 aliphatic heterocycles. The molecule has 0 bridgehead atoms. The first-order chi connectivity index (χ1) is 12.3. The fourth-order valence-electron chi connectivity index (χ4n) is 2.20. The number of nitrogens with zero attached hydrogens (tertiary/aromatic N) is 2. The van der Waals surface area contributed by atoms with Crippen molar-refractivity contribution in [2.75, 3.05) is 18.0 Å². The lowest BCUT2D eigenvalue weighted by molar-refractivity contribution is -0.385. The topological polar surface area (TPSA) is 145 Å². The van der Waals surface area contributed by atoms with Gasteiger partial charge in [-0.15, -0.1) is 0 Å². The van der Waals surface area contributed by atoms with E-state index < -0.39 is 33.1 Å². The van der Waals surface area contributed by atoms with Crippen LogP contribution in [0.3, 0.4) is 0 Å². The van der Waals surface area contributed by atoms with E-state index in [2.05, 4.69) is 0 Å². The molecule has 3 N–H and O–H groups in total. The van der Waals surface area contributed by atoms with Crippen LogP contribution in [0.1, 0.15) is 0 Å². The molecule has 0 radical (unpaired) electrons. The third kappa shape index (κ3) is 3.90.